The van der Waals surface area contributed by atoms with Gasteiger partial charge < -0.3 is 10.3 Å². The molecule has 2 aromatic heterocycles. The summed E-state index contributed by atoms with van der Waals surface area (Å²) < 4.78 is 23.0. The Labute approximate surface area is 195 Å². The second-order valence-electron chi connectivity index (χ2n) is 7.73. The van der Waals surface area contributed by atoms with Crippen LogP contribution in [0.5, 0.6) is 0 Å². The molecule has 0 bridgehead atoms. The number of H-pyrrole nitrogens is 1. The lowest BCUT2D eigenvalue weighted by Crippen LogP contribution is -2.23. The van der Waals surface area contributed by atoms with Gasteiger partial charge in [0.1, 0.15) is 4.83 Å². The largest absolute Gasteiger partial charge is 0.325 e. The van der Waals surface area contributed by atoms with E-state index in [1.807, 2.05) is 6.92 Å². The molecule has 0 saturated carbocycles. The van der Waals surface area contributed by atoms with Crippen LogP contribution in [0.1, 0.15) is 37.6 Å². The van der Waals surface area contributed by atoms with Gasteiger partial charge >= 0.3 is 0 Å². The number of aromatic amines is 1. The number of thiophene rings is 1. The number of fused-ring (bicyclic) bond motifs is 1. The number of amides is 1. The van der Waals surface area contributed by atoms with Gasteiger partial charge in [0.05, 0.1) is 15.5 Å². The van der Waals surface area contributed by atoms with Crippen LogP contribution in [-0.4, -0.2) is 29.5 Å². The molecule has 2 unspecified atom stereocenters. The van der Waals surface area contributed by atoms with E-state index in [1.165, 1.54) is 29.5 Å². The van der Waals surface area contributed by atoms with Gasteiger partial charge in [-0.15, -0.1) is 11.3 Å². The number of aryl methyl sites for hydroxylation is 1. The zero-order chi connectivity index (χ0) is 23.6. The molecule has 0 radical (unpaired) electrons. The van der Waals surface area contributed by atoms with Gasteiger partial charge in [-0.2, -0.15) is 0 Å². The van der Waals surface area contributed by atoms with E-state index < -0.39 is 15.3 Å². The van der Waals surface area contributed by atoms with Crippen LogP contribution >= 0.6 is 23.1 Å². The van der Waals surface area contributed by atoms with Crippen molar-refractivity contribution in [2.24, 2.45) is 11.1 Å². The van der Waals surface area contributed by atoms with Crippen LogP contribution in [0.15, 0.2) is 39.1 Å². The standard InChI is InChI=1S/C21H26N4O4S3/c1-5-11(2)9-16-12(3)30-20-17(16)19(27)24-21(25-20)31-13(4)18(26)23-14-7-6-8-15(10-14)32(22,28)29/h6-8,10-11,13H,5,9H2,1-4H3,(H,23,26)(H2,22,28,29)(H,24,25,27). The van der Waals surface area contributed by atoms with Gasteiger partial charge in [-0.1, -0.05) is 38.1 Å². The lowest BCUT2D eigenvalue weighted by Gasteiger charge is -2.12. The molecule has 0 aliphatic rings. The normalized spacial score (nSPS) is 13.8. The SMILES string of the molecule is CCC(C)Cc1c(C)sc2nc(SC(C)C(=O)Nc3cccc(S(N)(=O)=O)c3)[nH]c(=O)c12. The Bertz CT molecular complexity index is 1310. The van der Waals surface area contributed by atoms with E-state index in [0.29, 0.717) is 27.0 Å². The van der Waals surface area contributed by atoms with E-state index in [0.717, 1.165) is 35.0 Å². The minimum Gasteiger partial charge on any atom is -0.325 e. The number of nitrogens with one attached hydrogen (secondary N) is 2. The summed E-state index contributed by atoms with van der Waals surface area (Å²) in [7, 11) is -3.87. The molecule has 0 saturated heterocycles. The summed E-state index contributed by atoms with van der Waals surface area (Å²) in [5.74, 6) is 0.112. The first-order valence-corrected chi connectivity index (χ1v) is 13.4. The Balaban J connectivity index is 1.79. The highest BCUT2D eigenvalue weighted by Crippen LogP contribution is 2.31. The highest BCUT2D eigenvalue weighted by Gasteiger charge is 2.20. The first-order chi connectivity index (χ1) is 15.0. The molecule has 0 fully saturated rings. The lowest BCUT2D eigenvalue weighted by atomic mass is 9.98. The van der Waals surface area contributed by atoms with Crippen LogP contribution in [0.3, 0.4) is 0 Å². The maximum atomic E-state index is 12.8. The van der Waals surface area contributed by atoms with Crippen LogP contribution in [0, 0.1) is 12.8 Å². The van der Waals surface area contributed by atoms with Crippen molar-refractivity contribution in [2.45, 2.75) is 55.8 Å². The Kier molecular flexibility index (Phi) is 7.43. The molecular formula is C21H26N4O4S3. The number of nitrogens with zero attached hydrogens (tertiary/aromatic N) is 1. The average molecular weight is 495 g/mol. The van der Waals surface area contributed by atoms with Crippen LogP contribution in [0.4, 0.5) is 5.69 Å². The molecule has 4 N–H and O–H groups in total. The van der Waals surface area contributed by atoms with Crippen molar-refractivity contribution in [3.05, 3.63) is 45.1 Å². The topological polar surface area (TPSA) is 135 Å². The fraction of sp³-hybridized carbons (Fsp3) is 0.381. The van der Waals surface area contributed by atoms with E-state index in [-0.39, 0.29) is 16.4 Å². The molecule has 32 heavy (non-hydrogen) atoms. The number of carbonyl (C=O) groups is 1. The Morgan fingerprint density at radius 1 is 1.34 bits per heavy atom. The maximum absolute atomic E-state index is 12.8. The van der Waals surface area contributed by atoms with Crippen molar-refractivity contribution in [1.82, 2.24) is 9.97 Å². The average Bonchev–Trinajstić information content (AvgIpc) is 3.02. The number of primary sulfonamides is 1. The third-order valence-corrected chi connectivity index (χ3v) is 8.11. The predicted molar refractivity (Wildman–Crippen MR) is 130 cm³/mol. The van der Waals surface area contributed by atoms with Crippen LogP contribution in [0.25, 0.3) is 10.2 Å². The molecule has 172 valence electrons. The van der Waals surface area contributed by atoms with Crippen molar-refractivity contribution >= 4 is 54.9 Å². The second kappa shape index (κ2) is 9.74. The fourth-order valence-corrected chi connectivity index (χ4v) is 5.63. The molecule has 0 spiro atoms. The minimum atomic E-state index is -3.87. The first kappa shape index (κ1) is 24.4. The molecule has 2 atom stereocenters. The predicted octanol–water partition coefficient (Wildman–Crippen LogP) is 3.65. The summed E-state index contributed by atoms with van der Waals surface area (Å²) in [5.41, 5.74) is 1.16. The van der Waals surface area contributed by atoms with Crippen LogP contribution in [0.2, 0.25) is 0 Å². The number of sulfonamides is 1. The van der Waals surface area contributed by atoms with Crippen molar-refractivity contribution in [1.29, 1.82) is 0 Å². The molecule has 2 heterocycles. The minimum absolute atomic E-state index is 0.0895. The number of rotatable bonds is 8. The first-order valence-electron chi connectivity index (χ1n) is 10.1. The van der Waals surface area contributed by atoms with Gasteiger partial charge in [0.2, 0.25) is 15.9 Å². The Morgan fingerprint density at radius 3 is 2.72 bits per heavy atom. The Hall–Kier alpha value is -2.21. The van der Waals surface area contributed by atoms with Crippen molar-refractivity contribution < 1.29 is 13.2 Å². The number of nitrogens with two attached hydrogens (primary N) is 1. The quantitative estimate of drug-likeness (QED) is 0.323. The van der Waals surface area contributed by atoms with Gasteiger partial charge in [-0.3, -0.25) is 9.59 Å². The molecule has 3 rings (SSSR count). The second-order valence-corrected chi connectivity index (χ2v) is 11.8. The maximum Gasteiger partial charge on any atom is 0.260 e. The molecule has 8 nitrogen and oxygen atoms in total. The molecule has 0 aliphatic heterocycles. The van der Waals surface area contributed by atoms with E-state index in [2.05, 4.69) is 29.1 Å². The number of aromatic nitrogens is 2. The summed E-state index contributed by atoms with van der Waals surface area (Å²) in [4.78, 5) is 34.5. The van der Waals surface area contributed by atoms with Crippen molar-refractivity contribution in [3.8, 4) is 0 Å². The van der Waals surface area contributed by atoms with E-state index in [9.17, 15) is 18.0 Å². The summed E-state index contributed by atoms with van der Waals surface area (Å²) >= 11 is 2.62. The lowest BCUT2D eigenvalue weighted by molar-refractivity contribution is -0.115. The third-order valence-electron chi connectivity index (χ3n) is 5.18. The van der Waals surface area contributed by atoms with Gasteiger partial charge in [-0.25, -0.2) is 18.5 Å². The van der Waals surface area contributed by atoms with Crippen LogP contribution < -0.4 is 16.0 Å². The molecule has 0 aliphatic carbocycles. The summed E-state index contributed by atoms with van der Waals surface area (Å²) in [5, 5.41) is 8.22. The number of thioether (sulfide) groups is 1. The highest BCUT2D eigenvalue weighted by molar-refractivity contribution is 8.00. The van der Waals surface area contributed by atoms with Crippen LogP contribution in [-0.2, 0) is 21.2 Å². The number of anilines is 1. The van der Waals surface area contributed by atoms with E-state index in [1.54, 1.807) is 13.0 Å². The molecule has 11 heteroatoms. The zero-order valence-electron chi connectivity index (χ0n) is 18.3. The zero-order valence-corrected chi connectivity index (χ0v) is 20.7. The number of hydrogen-bond acceptors (Lipinski definition) is 7. The third kappa shape index (κ3) is 5.58. The highest BCUT2D eigenvalue weighted by atomic mass is 32.2. The summed E-state index contributed by atoms with van der Waals surface area (Å²) in [6, 6.07) is 5.72. The number of carbonyl (C=O) groups excluding carboxylic acids is 1. The van der Waals surface area contributed by atoms with E-state index >= 15 is 0 Å². The van der Waals surface area contributed by atoms with Gasteiger partial charge in [0, 0.05) is 10.6 Å². The van der Waals surface area contributed by atoms with E-state index in [4.69, 9.17) is 5.14 Å². The van der Waals surface area contributed by atoms with Gasteiger partial charge in [0.15, 0.2) is 5.16 Å². The molecule has 1 aromatic carbocycles. The van der Waals surface area contributed by atoms with Crippen molar-refractivity contribution in [3.63, 3.8) is 0 Å². The van der Waals surface area contributed by atoms with Crippen molar-refractivity contribution in [2.75, 3.05) is 5.32 Å². The van der Waals surface area contributed by atoms with Gasteiger partial charge in [0.25, 0.3) is 5.56 Å². The number of benzene rings is 1. The Morgan fingerprint density at radius 2 is 2.06 bits per heavy atom. The summed E-state index contributed by atoms with van der Waals surface area (Å²) in [6.45, 7) is 7.97. The smallest absolute Gasteiger partial charge is 0.260 e. The monoisotopic (exact) mass is 494 g/mol. The summed E-state index contributed by atoms with van der Waals surface area (Å²) in [6.07, 6.45) is 1.86. The molecular weight excluding hydrogens is 468 g/mol. The number of hydrogen-bond donors (Lipinski definition) is 3. The molecule has 3 aromatic rings. The fourth-order valence-electron chi connectivity index (χ4n) is 3.17. The molecule has 1 amide bonds. The van der Waals surface area contributed by atoms with Gasteiger partial charge in [-0.05, 0) is 49.9 Å².